The molecule has 0 aliphatic rings. The number of benzene rings is 22. The zero-order chi connectivity index (χ0) is 85.4. The quantitative estimate of drug-likeness (QED) is 0.0960. The number of fused-ring (bicyclic) bond motifs is 18. The first-order valence-corrected chi connectivity index (χ1v) is 44.5. The topological polar surface area (TPSA) is 42.6 Å². The van der Waals surface area contributed by atoms with E-state index in [1.807, 2.05) is 6.07 Å². The predicted molar refractivity (Wildman–Crippen MR) is 547 cm³/mol. The molecule has 0 saturated heterocycles. The molecule has 0 unspecified atom stereocenters. The van der Waals surface area contributed by atoms with Crippen LogP contribution in [0, 0.1) is 0 Å². The van der Waals surface area contributed by atoms with Crippen LogP contribution < -0.4 is 9.80 Å². The summed E-state index contributed by atoms with van der Waals surface area (Å²) in [5.74, 6) is 0. The Morgan fingerprint density at radius 2 is 0.477 bits per heavy atom. The number of hydrogen-bond acceptors (Lipinski definition) is 4. The normalized spacial score (nSPS) is 11.8. The molecule has 0 radical (unpaired) electrons. The van der Waals surface area contributed by atoms with Gasteiger partial charge in [0.15, 0.2) is 0 Å². The molecule has 0 aliphatic heterocycles. The molecule has 6 heteroatoms. The molecule has 0 saturated carbocycles. The highest BCUT2D eigenvalue weighted by atomic mass is 16.3. The Bertz CT molecular complexity index is 8990. The van der Waals surface area contributed by atoms with Gasteiger partial charge in [-0.1, -0.05) is 303 Å². The third kappa shape index (κ3) is 12.5. The molecule has 0 fully saturated rings. The molecule has 0 amide bonds. The number of aromatic nitrogens is 2. The Balaban J connectivity index is 0.517. The third-order valence-corrected chi connectivity index (χ3v) is 26.8. The standard InChI is InChI=1S/C124H78N4O2/c1-2-34-103-81(21-1)49-50-82-57-64-102(78-114(82)103)126(96-62-55-80(56-63-96)84-23-14-25-86(70-84)88-27-16-33-100(73-88)128-117-44-10-5-37-110(117)111-38-6-11-45-118(111)128)98-31-18-29-92(75-98)107-41-20-48-121-124(107)113-67-59-90(77-122(113)130-121)89-58-66-104-93(71-89)51-52-94-76-101(65-68-105(94)104)125(97-30-17-28-91(74-97)106-40-19-47-120-123(106)112-39-7-12-46-119(112)129-120)95-60-53-79(54-61-95)83-22-13-24-85(69-83)87-26-15-32-99(72-87)127-115-42-8-3-35-108(115)109-36-4-9-43-116(109)127/h1-78H. The van der Waals surface area contributed by atoms with Crippen molar-refractivity contribution in [3.63, 3.8) is 0 Å². The molecule has 606 valence electrons. The van der Waals surface area contributed by atoms with Gasteiger partial charge in [-0.2, -0.15) is 0 Å². The van der Waals surface area contributed by atoms with Gasteiger partial charge >= 0.3 is 0 Å². The third-order valence-electron chi connectivity index (χ3n) is 26.8. The van der Waals surface area contributed by atoms with E-state index in [1.54, 1.807) is 0 Å². The Labute approximate surface area is 749 Å². The number of rotatable bonds is 15. The van der Waals surface area contributed by atoms with E-state index in [4.69, 9.17) is 8.83 Å². The van der Waals surface area contributed by atoms with Gasteiger partial charge in [0.25, 0.3) is 0 Å². The lowest BCUT2D eigenvalue weighted by molar-refractivity contribution is 0.668. The SMILES string of the molecule is c1cc(-c2ccc(N(c3cccc(-c4cccc5oc6ccccc6c45)c3)c3ccc4c(ccc5cc(-c6ccc7c(c6)oc6cccc(-c8cccc(N(c9ccc(-c%10cccc(-c%11cccc(-n%12c%13ccccc%13c%13ccccc%13%12)c%11)c%10)cc9)c9ccc%10ccc%11ccccc%11c%10c9)c8)c67)ccc54)c3)cc2)cc(-c2cccc(-n3c4ccccc4c4ccccc43)c2)c1. The van der Waals surface area contributed by atoms with Gasteiger partial charge in [-0.25, -0.2) is 0 Å². The van der Waals surface area contributed by atoms with Crippen molar-refractivity contribution < 1.29 is 8.83 Å². The van der Waals surface area contributed by atoms with Crippen molar-refractivity contribution in [3.8, 4) is 89.3 Å². The highest BCUT2D eigenvalue weighted by Gasteiger charge is 2.24. The number of hydrogen-bond donors (Lipinski definition) is 0. The first kappa shape index (κ1) is 74.1. The summed E-state index contributed by atoms with van der Waals surface area (Å²) in [5.41, 5.74) is 32.6. The van der Waals surface area contributed by atoms with E-state index in [1.165, 1.54) is 75.9 Å². The molecule has 4 aromatic heterocycles. The Morgan fingerprint density at radius 3 is 1.02 bits per heavy atom. The summed E-state index contributed by atoms with van der Waals surface area (Å²) in [6, 6.07) is 173. The number of para-hydroxylation sites is 5. The van der Waals surface area contributed by atoms with Gasteiger partial charge < -0.3 is 27.8 Å². The van der Waals surface area contributed by atoms with Crippen molar-refractivity contribution in [1.29, 1.82) is 0 Å². The van der Waals surface area contributed by atoms with Crippen LogP contribution in [0.1, 0.15) is 0 Å². The van der Waals surface area contributed by atoms with Crippen LogP contribution in [0.3, 0.4) is 0 Å². The monoisotopic (exact) mass is 1650 g/mol. The lowest BCUT2D eigenvalue weighted by Gasteiger charge is -2.27. The zero-order valence-electron chi connectivity index (χ0n) is 70.6. The van der Waals surface area contributed by atoms with E-state index in [0.29, 0.717) is 0 Å². The van der Waals surface area contributed by atoms with Gasteiger partial charge in [-0.05, 0) is 291 Å². The minimum Gasteiger partial charge on any atom is -0.456 e. The number of furan rings is 2. The molecule has 0 N–H and O–H groups in total. The molecule has 4 heterocycles. The molecule has 6 nitrogen and oxygen atoms in total. The largest absolute Gasteiger partial charge is 0.456 e. The number of anilines is 6. The molecule has 0 spiro atoms. The van der Waals surface area contributed by atoms with Gasteiger partial charge in [0.1, 0.15) is 22.3 Å². The summed E-state index contributed by atoms with van der Waals surface area (Å²) < 4.78 is 18.2. The summed E-state index contributed by atoms with van der Waals surface area (Å²) in [5, 5.41) is 18.9. The van der Waals surface area contributed by atoms with Crippen LogP contribution in [0.4, 0.5) is 34.1 Å². The van der Waals surface area contributed by atoms with Crippen LogP contribution in [0.15, 0.2) is 482 Å². The fraction of sp³-hybridized carbons (Fsp3) is 0. The predicted octanol–water partition coefficient (Wildman–Crippen LogP) is 34.9. The lowest BCUT2D eigenvalue weighted by Crippen LogP contribution is -2.10. The first-order valence-electron chi connectivity index (χ1n) is 44.5. The maximum atomic E-state index is 6.95. The second-order valence-electron chi connectivity index (χ2n) is 34.2. The van der Waals surface area contributed by atoms with E-state index >= 15 is 0 Å². The van der Waals surface area contributed by atoms with Crippen molar-refractivity contribution in [2.75, 3.05) is 9.80 Å². The van der Waals surface area contributed by atoms with E-state index in [2.05, 4.69) is 486 Å². The molecule has 26 aromatic rings. The highest BCUT2D eigenvalue weighted by molar-refractivity contribution is 6.17. The highest BCUT2D eigenvalue weighted by Crippen LogP contribution is 2.48. The summed E-state index contributed by atoms with van der Waals surface area (Å²) in [7, 11) is 0. The molecule has 0 bridgehead atoms. The Hall–Kier alpha value is -17.3. The molecule has 26 rings (SSSR count). The Kier molecular flexibility index (Phi) is 17.2. The van der Waals surface area contributed by atoms with E-state index < -0.39 is 0 Å². The first-order chi connectivity index (χ1) is 64.4. The lowest BCUT2D eigenvalue weighted by atomic mass is 9.95. The van der Waals surface area contributed by atoms with Crippen molar-refractivity contribution in [2.45, 2.75) is 0 Å². The van der Waals surface area contributed by atoms with Gasteiger partial charge in [-0.3, -0.25) is 0 Å². The van der Waals surface area contributed by atoms with Crippen molar-refractivity contribution in [1.82, 2.24) is 9.13 Å². The smallest absolute Gasteiger partial charge is 0.136 e. The van der Waals surface area contributed by atoms with Crippen LogP contribution in [0.2, 0.25) is 0 Å². The maximum Gasteiger partial charge on any atom is 0.136 e. The fourth-order valence-electron chi connectivity index (χ4n) is 20.7. The Morgan fingerprint density at radius 1 is 0.154 bits per heavy atom. The van der Waals surface area contributed by atoms with Crippen molar-refractivity contribution in [2.24, 2.45) is 0 Å². The molecular weight excluding hydrogens is 1580 g/mol. The summed E-state index contributed by atoms with van der Waals surface area (Å²) in [6.45, 7) is 0. The van der Waals surface area contributed by atoms with Gasteiger partial charge in [0.2, 0.25) is 0 Å². The molecule has 0 atom stereocenters. The second-order valence-corrected chi connectivity index (χ2v) is 34.2. The summed E-state index contributed by atoms with van der Waals surface area (Å²) in [6.07, 6.45) is 0. The van der Waals surface area contributed by atoms with Gasteiger partial charge in [0, 0.05) is 88.6 Å². The average Bonchev–Trinajstić information content (AvgIpc) is 1.65. The maximum absolute atomic E-state index is 6.95. The number of nitrogens with zero attached hydrogens (tertiary/aromatic N) is 4. The minimum absolute atomic E-state index is 0.839. The van der Waals surface area contributed by atoms with Crippen LogP contribution in [-0.4, -0.2) is 9.13 Å². The van der Waals surface area contributed by atoms with Crippen molar-refractivity contribution in [3.05, 3.63) is 473 Å². The molecule has 130 heavy (non-hydrogen) atoms. The van der Waals surface area contributed by atoms with Crippen LogP contribution >= 0.6 is 0 Å². The second kappa shape index (κ2) is 30.2. The summed E-state index contributed by atoms with van der Waals surface area (Å²) >= 11 is 0. The fourth-order valence-corrected chi connectivity index (χ4v) is 20.7. The van der Waals surface area contributed by atoms with Crippen LogP contribution in [0.25, 0.3) is 220 Å². The molecular formula is C124H78N4O2. The van der Waals surface area contributed by atoms with Gasteiger partial charge in [-0.15, -0.1) is 0 Å². The molecule has 0 aliphatic carbocycles. The zero-order valence-corrected chi connectivity index (χ0v) is 70.6. The van der Waals surface area contributed by atoms with Crippen molar-refractivity contribution >= 4 is 165 Å². The van der Waals surface area contributed by atoms with E-state index in [9.17, 15) is 0 Å². The minimum atomic E-state index is 0.839. The van der Waals surface area contributed by atoms with Crippen LogP contribution in [-0.2, 0) is 0 Å². The average molecular weight is 1660 g/mol. The summed E-state index contributed by atoms with van der Waals surface area (Å²) in [4.78, 5) is 4.81. The molecule has 22 aromatic carbocycles. The van der Waals surface area contributed by atoms with E-state index in [-0.39, 0.29) is 0 Å². The van der Waals surface area contributed by atoms with E-state index in [0.717, 1.165) is 178 Å². The van der Waals surface area contributed by atoms with Gasteiger partial charge in [0.05, 0.1) is 22.1 Å². The van der Waals surface area contributed by atoms with Crippen LogP contribution in [0.5, 0.6) is 0 Å².